The molecular formula is C23H26N4O2. The van der Waals surface area contributed by atoms with E-state index in [9.17, 15) is 4.79 Å². The lowest BCUT2D eigenvalue weighted by Crippen LogP contribution is -2.36. The maximum atomic E-state index is 12.3. The van der Waals surface area contributed by atoms with E-state index in [0.717, 1.165) is 43.1 Å². The van der Waals surface area contributed by atoms with Crippen molar-refractivity contribution in [3.05, 3.63) is 72.6 Å². The van der Waals surface area contributed by atoms with Gasteiger partial charge in [-0.05, 0) is 47.5 Å². The van der Waals surface area contributed by atoms with Gasteiger partial charge in [0, 0.05) is 30.7 Å². The van der Waals surface area contributed by atoms with Crippen LogP contribution in [0.2, 0.25) is 0 Å². The molecule has 0 aliphatic carbocycles. The molecule has 0 bridgehead atoms. The van der Waals surface area contributed by atoms with Crippen molar-refractivity contribution in [2.45, 2.75) is 13.8 Å². The van der Waals surface area contributed by atoms with Crippen molar-refractivity contribution in [2.75, 3.05) is 36.5 Å². The zero-order chi connectivity index (χ0) is 20.5. The number of carbonyl (C=O) groups excluding carboxylic acids is 1. The highest BCUT2D eigenvalue weighted by atomic mass is 16.5. The van der Waals surface area contributed by atoms with E-state index in [1.165, 1.54) is 5.69 Å². The van der Waals surface area contributed by atoms with E-state index in [-0.39, 0.29) is 11.6 Å². The van der Waals surface area contributed by atoms with Crippen LogP contribution in [-0.4, -0.2) is 42.4 Å². The van der Waals surface area contributed by atoms with Crippen LogP contribution >= 0.6 is 0 Å². The molecule has 1 saturated heterocycles. The fourth-order valence-electron chi connectivity index (χ4n) is 3.10. The van der Waals surface area contributed by atoms with Gasteiger partial charge in [-0.25, -0.2) is 0 Å². The van der Waals surface area contributed by atoms with Gasteiger partial charge in [0.15, 0.2) is 5.69 Å². The van der Waals surface area contributed by atoms with Crippen molar-refractivity contribution in [2.24, 2.45) is 0 Å². The molecule has 0 atom stereocenters. The maximum Gasteiger partial charge on any atom is 0.276 e. The monoisotopic (exact) mass is 390 g/mol. The highest BCUT2D eigenvalue weighted by molar-refractivity contribution is 6.03. The first-order chi connectivity index (χ1) is 14.3. The van der Waals surface area contributed by atoms with Gasteiger partial charge in [0.2, 0.25) is 0 Å². The van der Waals surface area contributed by atoms with Crippen LogP contribution in [0.15, 0.2) is 66.9 Å². The minimum atomic E-state index is -0.276. The minimum absolute atomic E-state index is 0.276. The van der Waals surface area contributed by atoms with Crippen molar-refractivity contribution < 1.29 is 9.53 Å². The van der Waals surface area contributed by atoms with E-state index < -0.39 is 0 Å². The van der Waals surface area contributed by atoms with Gasteiger partial charge in [0.1, 0.15) is 0 Å². The molecule has 0 saturated carbocycles. The summed E-state index contributed by atoms with van der Waals surface area (Å²) in [6.07, 6.45) is 1.54. The Kier molecular flexibility index (Phi) is 7.30. The Morgan fingerprint density at radius 3 is 2.41 bits per heavy atom. The van der Waals surface area contributed by atoms with Crippen LogP contribution in [0.4, 0.5) is 11.4 Å². The number of amides is 1. The van der Waals surface area contributed by atoms with E-state index in [1.807, 2.05) is 38.1 Å². The lowest BCUT2D eigenvalue weighted by Gasteiger charge is -2.29. The van der Waals surface area contributed by atoms with Crippen LogP contribution in [0.5, 0.6) is 0 Å². The molecule has 1 aliphatic heterocycles. The normalized spacial score (nSPS) is 13.2. The van der Waals surface area contributed by atoms with E-state index in [1.54, 1.807) is 18.3 Å². The van der Waals surface area contributed by atoms with Crippen molar-refractivity contribution >= 4 is 17.3 Å². The lowest BCUT2D eigenvalue weighted by molar-refractivity contribution is 0.102. The average Bonchev–Trinajstić information content (AvgIpc) is 2.82. The third-order valence-corrected chi connectivity index (χ3v) is 4.48. The first kappa shape index (κ1) is 20.5. The Balaban J connectivity index is 0.00000117. The number of benzene rings is 2. The number of ether oxygens (including phenoxy) is 1. The van der Waals surface area contributed by atoms with Gasteiger partial charge in [0.25, 0.3) is 5.91 Å². The summed E-state index contributed by atoms with van der Waals surface area (Å²) in [5.41, 5.74) is 4.35. The number of hydrogen-bond donors (Lipinski definition) is 1. The first-order valence-electron chi connectivity index (χ1n) is 9.92. The average molecular weight is 390 g/mol. The topological polar surface area (TPSA) is 67.4 Å². The molecule has 2 heterocycles. The molecule has 0 spiro atoms. The van der Waals surface area contributed by atoms with Crippen LogP contribution in [0.3, 0.4) is 0 Å². The predicted molar refractivity (Wildman–Crippen MR) is 116 cm³/mol. The number of hydrogen-bond acceptors (Lipinski definition) is 5. The van der Waals surface area contributed by atoms with Crippen LogP contribution < -0.4 is 10.2 Å². The molecule has 6 nitrogen and oxygen atoms in total. The molecular weight excluding hydrogens is 364 g/mol. The van der Waals surface area contributed by atoms with Crippen molar-refractivity contribution in [3.8, 4) is 11.1 Å². The largest absolute Gasteiger partial charge is 0.378 e. The van der Waals surface area contributed by atoms with E-state index in [4.69, 9.17) is 4.74 Å². The summed E-state index contributed by atoms with van der Waals surface area (Å²) in [6, 6.07) is 19.6. The Bertz CT molecular complexity index is 925. The molecule has 150 valence electrons. The quantitative estimate of drug-likeness (QED) is 0.721. The summed E-state index contributed by atoms with van der Waals surface area (Å²) < 4.78 is 5.43. The Morgan fingerprint density at radius 2 is 1.69 bits per heavy atom. The maximum absolute atomic E-state index is 12.3. The Hall–Kier alpha value is -3.25. The summed E-state index contributed by atoms with van der Waals surface area (Å²) in [5.74, 6) is -0.276. The van der Waals surface area contributed by atoms with Crippen LogP contribution in [0, 0.1) is 0 Å². The van der Waals surface area contributed by atoms with E-state index >= 15 is 0 Å². The molecule has 2 aromatic carbocycles. The fourth-order valence-corrected chi connectivity index (χ4v) is 3.10. The molecule has 1 amide bonds. The number of nitrogens with one attached hydrogen (secondary N) is 1. The number of aromatic nitrogens is 2. The van der Waals surface area contributed by atoms with Crippen LogP contribution in [0.1, 0.15) is 24.3 Å². The first-order valence-corrected chi connectivity index (χ1v) is 9.92. The van der Waals surface area contributed by atoms with E-state index in [0.29, 0.717) is 0 Å². The van der Waals surface area contributed by atoms with Gasteiger partial charge >= 0.3 is 0 Å². The molecule has 1 fully saturated rings. The summed E-state index contributed by atoms with van der Waals surface area (Å²) >= 11 is 0. The second-order valence-electron chi connectivity index (χ2n) is 6.29. The third-order valence-electron chi connectivity index (χ3n) is 4.48. The number of carbonyl (C=O) groups is 1. The molecule has 1 aliphatic rings. The lowest BCUT2D eigenvalue weighted by atomic mass is 10.0. The van der Waals surface area contributed by atoms with Crippen molar-refractivity contribution in [1.82, 2.24) is 10.2 Å². The highest BCUT2D eigenvalue weighted by Crippen LogP contribution is 2.27. The minimum Gasteiger partial charge on any atom is -0.378 e. The molecule has 3 aromatic rings. The summed E-state index contributed by atoms with van der Waals surface area (Å²) in [7, 11) is 0. The molecule has 0 unspecified atom stereocenters. The standard InChI is InChI=1S/C21H20N4O2.C2H6/c26-21(20-8-3-9-22-24-20)23-18-6-1-4-16(14-18)17-5-2-7-19(15-17)25-10-12-27-13-11-25;1-2/h1-9,14-15H,10-13H2,(H,23,26);1-2H3. The van der Waals surface area contributed by atoms with Gasteiger partial charge in [-0.1, -0.05) is 38.1 Å². The second kappa shape index (κ2) is 10.3. The van der Waals surface area contributed by atoms with E-state index in [2.05, 4.69) is 44.7 Å². The molecule has 0 radical (unpaired) electrons. The van der Waals surface area contributed by atoms with Gasteiger partial charge < -0.3 is 15.0 Å². The molecule has 4 rings (SSSR count). The number of rotatable bonds is 4. The number of nitrogens with zero attached hydrogens (tertiary/aromatic N) is 3. The molecule has 29 heavy (non-hydrogen) atoms. The van der Waals surface area contributed by atoms with Gasteiger partial charge in [-0.2, -0.15) is 5.10 Å². The molecule has 1 N–H and O–H groups in total. The van der Waals surface area contributed by atoms with Crippen molar-refractivity contribution in [1.29, 1.82) is 0 Å². The zero-order valence-corrected chi connectivity index (χ0v) is 16.8. The zero-order valence-electron chi connectivity index (χ0n) is 16.8. The van der Waals surface area contributed by atoms with Crippen LogP contribution in [-0.2, 0) is 4.74 Å². The fraction of sp³-hybridized carbons (Fsp3) is 0.261. The van der Waals surface area contributed by atoms with Gasteiger partial charge in [-0.3, -0.25) is 4.79 Å². The summed E-state index contributed by atoms with van der Waals surface area (Å²) in [6.45, 7) is 7.32. The third kappa shape index (κ3) is 5.39. The Labute approximate surface area is 171 Å². The van der Waals surface area contributed by atoms with Crippen molar-refractivity contribution in [3.63, 3.8) is 0 Å². The predicted octanol–water partition coefficient (Wildman–Crippen LogP) is 4.26. The second-order valence-corrected chi connectivity index (χ2v) is 6.29. The SMILES string of the molecule is CC.O=C(Nc1cccc(-c2cccc(N3CCOCC3)c2)c1)c1cccnn1. The smallest absolute Gasteiger partial charge is 0.276 e. The summed E-state index contributed by atoms with van der Waals surface area (Å²) in [5, 5.41) is 10.5. The van der Waals surface area contributed by atoms with Crippen LogP contribution in [0.25, 0.3) is 11.1 Å². The van der Waals surface area contributed by atoms with Gasteiger partial charge in [0.05, 0.1) is 13.2 Å². The number of morpholine rings is 1. The molecule has 1 aromatic heterocycles. The molecule has 6 heteroatoms. The highest BCUT2D eigenvalue weighted by Gasteiger charge is 2.12. The number of anilines is 2. The van der Waals surface area contributed by atoms with Gasteiger partial charge in [-0.15, -0.1) is 5.10 Å². The summed E-state index contributed by atoms with van der Waals surface area (Å²) in [4.78, 5) is 14.6. The Morgan fingerprint density at radius 1 is 0.966 bits per heavy atom.